The van der Waals surface area contributed by atoms with Crippen LogP contribution in [-0.4, -0.2) is 32.6 Å². The lowest BCUT2D eigenvalue weighted by atomic mass is 10.3. The molecule has 8 heteroatoms. The Bertz CT molecular complexity index is 691. The van der Waals surface area contributed by atoms with Crippen LogP contribution in [0.3, 0.4) is 0 Å². The summed E-state index contributed by atoms with van der Waals surface area (Å²) < 4.78 is 1.15. The summed E-state index contributed by atoms with van der Waals surface area (Å²) in [5.74, 6) is -1.68. The predicted octanol–water partition coefficient (Wildman–Crippen LogP) is 0.0473. The minimum absolute atomic E-state index is 0.255. The van der Waals surface area contributed by atoms with Gasteiger partial charge < -0.3 is 10.4 Å². The van der Waals surface area contributed by atoms with Crippen LogP contribution in [0, 0.1) is 0 Å². The first kappa shape index (κ1) is 13.2. The van der Waals surface area contributed by atoms with Gasteiger partial charge in [-0.1, -0.05) is 0 Å². The Hall–Kier alpha value is -2.22. The largest absolute Gasteiger partial charge is 0.480 e. The summed E-state index contributed by atoms with van der Waals surface area (Å²) in [6, 6.07) is 0.643. The minimum Gasteiger partial charge on any atom is -0.480 e. The first-order chi connectivity index (χ1) is 8.99. The molecule has 0 aliphatic carbocycles. The van der Waals surface area contributed by atoms with E-state index in [1.165, 1.54) is 24.6 Å². The van der Waals surface area contributed by atoms with Gasteiger partial charge in [0.05, 0.1) is 11.7 Å². The van der Waals surface area contributed by atoms with Crippen LogP contribution in [0.2, 0.25) is 0 Å². The number of carbonyl (C=O) groups is 2. The Labute approximate surface area is 111 Å². The Morgan fingerprint density at radius 1 is 1.58 bits per heavy atom. The number of carboxylic acid groups (broad SMARTS) is 1. The lowest BCUT2D eigenvalue weighted by Crippen LogP contribution is -2.41. The average Bonchev–Trinajstić information content (AvgIpc) is 2.81. The molecule has 2 rings (SSSR count). The molecule has 0 saturated heterocycles. The van der Waals surface area contributed by atoms with Crippen LogP contribution in [0.4, 0.5) is 0 Å². The number of nitrogens with zero attached hydrogens (tertiary/aromatic N) is 2. The van der Waals surface area contributed by atoms with E-state index in [4.69, 9.17) is 5.11 Å². The molecule has 7 nitrogen and oxygen atoms in total. The van der Waals surface area contributed by atoms with Crippen molar-refractivity contribution in [1.29, 1.82) is 0 Å². The SMILES string of the molecule is CC(NC(=O)Cn1cnc2sccc2c1=O)C(=O)O. The fourth-order valence-electron chi connectivity index (χ4n) is 1.51. The van der Waals surface area contributed by atoms with Crippen molar-refractivity contribution in [3.63, 3.8) is 0 Å². The molecule has 2 heterocycles. The fourth-order valence-corrected chi connectivity index (χ4v) is 2.23. The van der Waals surface area contributed by atoms with Crippen molar-refractivity contribution >= 4 is 33.4 Å². The number of rotatable bonds is 4. The molecule has 0 aliphatic heterocycles. The summed E-state index contributed by atoms with van der Waals surface area (Å²) >= 11 is 1.34. The third-order valence-corrected chi connectivity index (χ3v) is 3.33. The molecule has 100 valence electrons. The highest BCUT2D eigenvalue weighted by molar-refractivity contribution is 7.16. The maximum absolute atomic E-state index is 12.0. The van der Waals surface area contributed by atoms with Crippen molar-refractivity contribution < 1.29 is 14.7 Å². The third kappa shape index (κ3) is 2.79. The Balaban J connectivity index is 2.17. The van der Waals surface area contributed by atoms with E-state index in [2.05, 4.69) is 10.3 Å². The van der Waals surface area contributed by atoms with Crippen LogP contribution < -0.4 is 10.9 Å². The Kier molecular flexibility index (Phi) is 3.61. The summed E-state index contributed by atoms with van der Waals surface area (Å²) in [6.07, 6.45) is 1.28. The molecule has 19 heavy (non-hydrogen) atoms. The normalized spacial score (nSPS) is 12.3. The second-order valence-corrected chi connectivity index (χ2v) is 4.84. The zero-order valence-corrected chi connectivity index (χ0v) is 10.8. The first-order valence-electron chi connectivity index (χ1n) is 5.44. The number of hydrogen-bond acceptors (Lipinski definition) is 5. The molecule has 2 aromatic heterocycles. The van der Waals surface area contributed by atoms with Gasteiger partial charge in [0, 0.05) is 0 Å². The van der Waals surface area contributed by atoms with Crippen molar-refractivity contribution in [1.82, 2.24) is 14.9 Å². The predicted molar refractivity (Wildman–Crippen MR) is 69.1 cm³/mol. The lowest BCUT2D eigenvalue weighted by Gasteiger charge is -2.10. The summed E-state index contributed by atoms with van der Waals surface area (Å²) in [7, 11) is 0. The van der Waals surface area contributed by atoms with E-state index in [-0.39, 0.29) is 12.1 Å². The minimum atomic E-state index is -1.13. The highest BCUT2D eigenvalue weighted by atomic mass is 32.1. The number of aromatic nitrogens is 2. The van der Waals surface area contributed by atoms with Crippen molar-refractivity contribution in [2.45, 2.75) is 19.5 Å². The van der Waals surface area contributed by atoms with Crippen molar-refractivity contribution in [2.75, 3.05) is 0 Å². The average molecular weight is 281 g/mol. The van der Waals surface area contributed by atoms with Crippen LogP contribution >= 0.6 is 11.3 Å². The number of carbonyl (C=O) groups excluding carboxylic acids is 1. The molecule has 1 atom stereocenters. The fraction of sp³-hybridized carbons (Fsp3) is 0.273. The summed E-state index contributed by atoms with van der Waals surface area (Å²) in [5.41, 5.74) is -0.315. The number of aliphatic carboxylic acids is 1. The molecule has 0 aromatic carbocycles. The summed E-state index contributed by atoms with van der Waals surface area (Å²) in [6.45, 7) is 1.10. The molecule has 0 fully saturated rings. The van der Waals surface area contributed by atoms with Gasteiger partial charge in [0.25, 0.3) is 5.56 Å². The van der Waals surface area contributed by atoms with Crippen molar-refractivity contribution in [3.05, 3.63) is 28.1 Å². The smallest absolute Gasteiger partial charge is 0.325 e. The molecule has 2 aromatic rings. The number of fused-ring (bicyclic) bond motifs is 1. The van der Waals surface area contributed by atoms with Gasteiger partial charge in [0.15, 0.2) is 0 Å². The molecule has 0 spiro atoms. The third-order valence-electron chi connectivity index (χ3n) is 2.51. The zero-order valence-electron chi connectivity index (χ0n) is 9.99. The van der Waals surface area contributed by atoms with Crippen LogP contribution in [0.5, 0.6) is 0 Å². The van der Waals surface area contributed by atoms with Gasteiger partial charge >= 0.3 is 5.97 Å². The van der Waals surface area contributed by atoms with E-state index in [0.29, 0.717) is 10.2 Å². The molecule has 1 amide bonds. The second kappa shape index (κ2) is 5.19. The molecule has 0 radical (unpaired) electrons. The molecule has 0 aliphatic rings. The van der Waals surface area contributed by atoms with E-state index in [1.54, 1.807) is 11.4 Å². The standard InChI is InChI=1S/C11H11N3O4S/c1-6(11(17)18)13-8(15)4-14-5-12-9-7(10(14)16)2-3-19-9/h2-3,5-6H,4H2,1H3,(H,13,15)(H,17,18). The van der Waals surface area contributed by atoms with Gasteiger partial charge in [-0.05, 0) is 18.4 Å². The van der Waals surface area contributed by atoms with Crippen LogP contribution in [0.1, 0.15) is 6.92 Å². The van der Waals surface area contributed by atoms with Gasteiger partial charge in [-0.2, -0.15) is 0 Å². The number of amides is 1. The van der Waals surface area contributed by atoms with Gasteiger partial charge in [0.2, 0.25) is 5.91 Å². The number of thiophene rings is 1. The van der Waals surface area contributed by atoms with E-state index >= 15 is 0 Å². The maximum Gasteiger partial charge on any atom is 0.325 e. The zero-order chi connectivity index (χ0) is 14.0. The van der Waals surface area contributed by atoms with E-state index in [0.717, 1.165) is 4.57 Å². The molecular weight excluding hydrogens is 270 g/mol. The molecule has 0 saturated carbocycles. The van der Waals surface area contributed by atoms with Crippen LogP contribution in [-0.2, 0) is 16.1 Å². The van der Waals surface area contributed by atoms with Gasteiger partial charge in [-0.3, -0.25) is 19.0 Å². The Morgan fingerprint density at radius 3 is 3.00 bits per heavy atom. The first-order valence-corrected chi connectivity index (χ1v) is 6.32. The van der Waals surface area contributed by atoms with E-state index in [1.807, 2.05) is 0 Å². The monoisotopic (exact) mass is 281 g/mol. The quantitative estimate of drug-likeness (QED) is 0.824. The molecular formula is C11H11N3O4S. The van der Waals surface area contributed by atoms with Gasteiger partial charge in [0.1, 0.15) is 17.4 Å². The molecule has 2 N–H and O–H groups in total. The van der Waals surface area contributed by atoms with Gasteiger partial charge in [-0.15, -0.1) is 11.3 Å². The highest BCUT2D eigenvalue weighted by Crippen LogP contribution is 2.12. The Morgan fingerprint density at radius 2 is 2.32 bits per heavy atom. The van der Waals surface area contributed by atoms with Gasteiger partial charge in [-0.25, -0.2) is 4.98 Å². The number of nitrogens with one attached hydrogen (secondary N) is 1. The second-order valence-electron chi connectivity index (χ2n) is 3.94. The maximum atomic E-state index is 12.0. The molecule has 1 unspecified atom stereocenters. The summed E-state index contributed by atoms with van der Waals surface area (Å²) in [4.78, 5) is 38.8. The number of carboxylic acids is 1. The highest BCUT2D eigenvalue weighted by Gasteiger charge is 2.15. The van der Waals surface area contributed by atoms with Crippen molar-refractivity contribution in [2.24, 2.45) is 0 Å². The van der Waals surface area contributed by atoms with E-state index < -0.39 is 17.9 Å². The van der Waals surface area contributed by atoms with Crippen molar-refractivity contribution in [3.8, 4) is 0 Å². The topological polar surface area (TPSA) is 101 Å². The number of hydrogen-bond donors (Lipinski definition) is 2. The van der Waals surface area contributed by atoms with Crippen LogP contribution in [0.15, 0.2) is 22.6 Å². The summed E-state index contributed by atoms with van der Waals surface area (Å²) in [5, 5.41) is 13.1. The van der Waals surface area contributed by atoms with Crippen LogP contribution in [0.25, 0.3) is 10.2 Å². The lowest BCUT2D eigenvalue weighted by molar-refractivity contribution is -0.141. The van der Waals surface area contributed by atoms with E-state index in [9.17, 15) is 14.4 Å². The molecule has 0 bridgehead atoms.